The molecular weight excluding hydrogens is 355 g/mol. The van der Waals surface area contributed by atoms with Crippen molar-refractivity contribution in [2.75, 3.05) is 77.4 Å². The van der Waals surface area contributed by atoms with Crippen molar-refractivity contribution < 1.29 is 4.39 Å². The highest BCUT2D eigenvalue weighted by molar-refractivity contribution is 5.80. The number of rotatable bonds is 5. The van der Waals surface area contributed by atoms with Crippen molar-refractivity contribution in [1.29, 1.82) is 0 Å². The van der Waals surface area contributed by atoms with Gasteiger partial charge in [-0.2, -0.15) is 0 Å². The van der Waals surface area contributed by atoms with Crippen LogP contribution in [0.3, 0.4) is 0 Å². The number of hydrogen-bond acceptors (Lipinski definition) is 4. The molecule has 1 N–H and O–H groups in total. The van der Waals surface area contributed by atoms with Crippen molar-refractivity contribution in [3.05, 3.63) is 30.1 Å². The number of nitrogens with one attached hydrogen (secondary N) is 1. The molecule has 1 aromatic rings. The number of benzene rings is 1. The van der Waals surface area contributed by atoms with Gasteiger partial charge in [-0.15, -0.1) is 0 Å². The summed E-state index contributed by atoms with van der Waals surface area (Å²) >= 11 is 0. The molecule has 2 heterocycles. The average molecular weight is 391 g/mol. The molecule has 6 nitrogen and oxygen atoms in total. The van der Waals surface area contributed by atoms with Crippen molar-refractivity contribution in [1.82, 2.24) is 20.0 Å². The number of piperazine rings is 2. The Labute approximate surface area is 169 Å². The molecule has 2 aliphatic rings. The standard InChI is InChI=1S/C21H35FN6/c1-4-25-9-11-26(12-10-25)18(2)17-24-21(23-3)28-15-13-27(14-16-28)20-7-5-19(22)6-8-20/h5-8,18H,4,9-17H2,1-3H3,(H,23,24). The first-order valence-electron chi connectivity index (χ1n) is 10.5. The van der Waals surface area contributed by atoms with Crippen molar-refractivity contribution in [3.8, 4) is 0 Å². The van der Waals surface area contributed by atoms with Crippen molar-refractivity contribution >= 4 is 11.6 Å². The zero-order valence-electron chi connectivity index (χ0n) is 17.6. The molecule has 7 heteroatoms. The van der Waals surface area contributed by atoms with E-state index in [2.05, 4.69) is 43.8 Å². The lowest BCUT2D eigenvalue weighted by Gasteiger charge is -2.39. The zero-order chi connectivity index (χ0) is 19.9. The number of guanidine groups is 1. The van der Waals surface area contributed by atoms with E-state index in [4.69, 9.17) is 0 Å². The molecule has 156 valence electrons. The second-order valence-electron chi connectivity index (χ2n) is 7.70. The Morgan fingerprint density at radius 1 is 1.04 bits per heavy atom. The van der Waals surface area contributed by atoms with Crippen LogP contribution in [-0.4, -0.2) is 99.2 Å². The van der Waals surface area contributed by atoms with Gasteiger partial charge in [-0.1, -0.05) is 6.92 Å². The van der Waals surface area contributed by atoms with Crippen LogP contribution in [0.25, 0.3) is 0 Å². The Kier molecular flexibility index (Phi) is 7.50. The maximum absolute atomic E-state index is 13.1. The molecule has 0 amide bonds. The van der Waals surface area contributed by atoms with E-state index in [0.717, 1.165) is 64.0 Å². The highest BCUT2D eigenvalue weighted by Crippen LogP contribution is 2.17. The monoisotopic (exact) mass is 390 g/mol. The lowest BCUT2D eigenvalue weighted by atomic mass is 10.2. The maximum Gasteiger partial charge on any atom is 0.193 e. The van der Waals surface area contributed by atoms with Gasteiger partial charge in [0.1, 0.15) is 5.82 Å². The summed E-state index contributed by atoms with van der Waals surface area (Å²) in [4.78, 5) is 14.2. The summed E-state index contributed by atoms with van der Waals surface area (Å²) < 4.78 is 13.1. The first kappa shape index (κ1) is 20.9. The number of likely N-dealkylation sites (N-methyl/N-ethyl adjacent to an activating group) is 1. The molecule has 1 atom stereocenters. The Bertz CT molecular complexity index is 618. The topological polar surface area (TPSA) is 37.4 Å². The summed E-state index contributed by atoms with van der Waals surface area (Å²) in [5, 5.41) is 3.58. The molecular formula is C21H35FN6. The van der Waals surface area contributed by atoms with Crippen LogP contribution in [0.5, 0.6) is 0 Å². The van der Waals surface area contributed by atoms with Crippen molar-refractivity contribution in [2.45, 2.75) is 19.9 Å². The summed E-state index contributed by atoms with van der Waals surface area (Å²) in [7, 11) is 1.86. The molecule has 2 saturated heterocycles. The van der Waals surface area contributed by atoms with E-state index >= 15 is 0 Å². The molecule has 0 aliphatic carbocycles. The molecule has 0 spiro atoms. The fourth-order valence-electron chi connectivity index (χ4n) is 4.05. The van der Waals surface area contributed by atoms with E-state index in [-0.39, 0.29) is 5.82 Å². The predicted octanol–water partition coefficient (Wildman–Crippen LogP) is 1.55. The van der Waals surface area contributed by atoms with Crippen LogP contribution in [0, 0.1) is 5.82 Å². The van der Waals surface area contributed by atoms with Crippen LogP contribution in [0.15, 0.2) is 29.3 Å². The van der Waals surface area contributed by atoms with Gasteiger partial charge < -0.3 is 20.0 Å². The van der Waals surface area contributed by atoms with Crippen LogP contribution in [0.4, 0.5) is 10.1 Å². The summed E-state index contributed by atoms with van der Waals surface area (Å²) in [6, 6.07) is 7.28. The van der Waals surface area contributed by atoms with Gasteiger partial charge in [0.05, 0.1) is 0 Å². The minimum atomic E-state index is -0.183. The summed E-state index contributed by atoms with van der Waals surface area (Å²) in [6.07, 6.45) is 0. The third-order valence-electron chi connectivity index (χ3n) is 6.02. The van der Waals surface area contributed by atoms with E-state index in [1.165, 1.54) is 25.2 Å². The normalized spacial score (nSPS) is 21.1. The van der Waals surface area contributed by atoms with Gasteiger partial charge in [0, 0.05) is 77.7 Å². The molecule has 0 bridgehead atoms. The van der Waals surface area contributed by atoms with Crippen LogP contribution in [0.1, 0.15) is 13.8 Å². The predicted molar refractivity (Wildman–Crippen MR) is 115 cm³/mol. The first-order chi connectivity index (χ1) is 13.6. The molecule has 0 radical (unpaired) electrons. The highest BCUT2D eigenvalue weighted by Gasteiger charge is 2.23. The molecule has 28 heavy (non-hydrogen) atoms. The van der Waals surface area contributed by atoms with E-state index < -0.39 is 0 Å². The molecule has 3 rings (SSSR count). The van der Waals surface area contributed by atoms with Crippen LogP contribution < -0.4 is 10.2 Å². The molecule has 0 aromatic heterocycles. The minimum absolute atomic E-state index is 0.183. The second-order valence-corrected chi connectivity index (χ2v) is 7.70. The van der Waals surface area contributed by atoms with Crippen molar-refractivity contribution in [3.63, 3.8) is 0 Å². The van der Waals surface area contributed by atoms with Gasteiger partial charge in [0.25, 0.3) is 0 Å². The first-order valence-corrected chi connectivity index (χ1v) is 10.5. The van der Waals surface area contributed by atoms with Gasteiger partial charge in [0.15, 0.2) is 5.96 Å². The van der Waals surface area contributed by atoms with Gasteiger partial charge >= 0.3 is 0 Å². The number of hydrogen-bond donors (Lipinski definition) is 1. The van der Waals surface area contributed by atoms with Gasteiger partial charge in [-0.05, 0) is 37.7 Å². The zero-order valence-corrected chi connectivity index (χ0v) is 17.6. The number of aliphatic imine (C=N–C) groups is 1. The fraction of sp³-hybridized carbons (Fsp3) is 0.667. The Hall–Kier alpha value is -1.86. The second kappa shape index (κ2) is 10.1. The molecule has 2 aliphatic heterocycles. The molecule has 1 unspecified atom stereocenters. The Morgan fingerprint density at radius 3 is 2.25 bits per heavy atom. The smallest absolute Gasteiger partial charge is 0.193 e. The van der Waals surface area contributed by atoms with Gasteiger partial charge in [0.2, 0.25) is 0 Å². The number of halogens is 1. The highest BCUT2D eigenvalue weighted by atomic mass is 19.1. The van der Waals surface area contributed by atoms with E-state index in [1.54, 1.807) is 0 Å². The summed E-state index contributed by atoms with van der Waals surface area (Å²) in [5.74, 6) is 0.801. The average Bonchev–Trinajstić information content (AvgIpc) is 2.75. The summed E-state index contributed by atoms with van der Waals surface area (Å²) in [6.45, 7) is 14.9. The fourth-order valence-corrected chi connectivity index (χ4v) is 4.05. The van der Waals surface area contributed by atoms with E-state index in [0.29, 0.717) is 6.04 Å². The molecule has 0 saturated carbocycles. The SMILES string of the molecule is CCN1CCN(C(C)CNC(=NC)N2CCN(c3ccc(F)cc3)CC2)CC1. The van der Waals surface area contributed by atoms with E-state index in [9.17, 15) is 4.39 Å². The molecule has 1 aromatic carbocycles. The lowest BCUT2D eigenvalue weighted by Crippen LogP contribution is -2.56. The van der Waals surface area contributed by atoms with Gasteiger partial charge in [-0.3, -0.25) is 9.89 Å². The van der Waals surface area contributed by atoms with Gasteiger partial charge in [-0.25, -0.2) is 4.39 Å². The minimum Gasteiger partial charge on any atom is -0.368 e. The molecule has 2 fully saturated rings. The largest absolute Gasteiger partial charge is 0.368 e. The summed E-state index contributed by atoms with van der Waals surface area (Å²) in [5.41, 5.74) is 1.09. The number of nitrogens with zero attached hydrogens (tertiary/aromatic N) is 5. The number of anilines is 1. The van der Waals surface area contributed by atoms with Crippen LogP contribution in [0.2, 0.25) is 0 Å². The third kappa shape index (κ3) is 5.35. The van der Waals surface area contributed by atoms with Crippen LogP contribution >= 0.6 is 0 Å². The van der Waals surface area contributed by atoms with E-state index in [1.807, 2.05) is 19.2 Å². The maximum atomic E-state index is 13.1. The third-order valence-corrected chi connectivity index (χ3v) is 6.02. The van der Waals surface area contributed by atoms with Crippen molar-refractivity contribution in [2.24, 2.45) is 4.99 Å². The lowest BCUT2D eigenvalue weighted by molar-refractivity contribution is 0.107. The Morgan fingerprint density at radius 2 is 1.68 bits per heavy atom. The quantitative estimate of drug-likeness (QED) is 0.610. The Balaban J connectivity index is 1.44. The van der Waals surface area contributed by atoms with Crippen LogP contribution in [-0.2, 0) is 0 Å².